The van der Waals surface area contributed by atoms with Crippen molar-refractivity contribution in [2.45, 2.75) is 19.4 Å². The molecule has 0 bridgehead atoms. The van der Waals surface area contributed by atoms with Crippen LogP contribution in [0.4, 0.5) is 14.5 Å². The number of hydrogen-bond donors (Lipinski definition) is 2. The molecule has 2 rings (SSSR count). The molecule has 0 aliphatic heterocycles. The van der Waals surface area contributed by atoms with Crippen LogP contribution in [0.15, 0.2) is 42.5 Å². The van der Waals surface area contributed by atoms with Crippen molar-refractivity contribution in [2.24, 2.45) is 0 Å². The number of nitrogens with one attached hydrogen (secondary N) is 1. The minimum absolute atomic E-state index is 0.0196. The smallest absolute Gasteiger partial charge is 0.224 e. The van der Waals surface area contributed by atoms with Crippen LogP contribution in [0.1, 0.15) is 24.1 Å². The summed E-state index contributed by atoms with van der Waals surface area (Å²) in [6.07, 6.45) is -0.0196. The quantitative estimate of drug-likeness (QED) is 0.851. The summed E-state index contributed by atoms with van der Waals surface area (Å²) in [5.74, 6) is -2.16. The molecule has 0 aliphatic rings. The van der Waals surface area contributed by atoms with Gasteiger partial charge in [-0.25, -0.2) is 8.78 Å². The number of carbonyl (C=O) groups is 1. The molecule has 0 saturated carbocycles. The molecule has 3 nitrogen and oxygen atoms in total. The van der Waals surface area contributed by atoms with E-state index in [1.165, 1.54) is 6.07 Å². The first-order valence-electron chi connectivity index (χ1n) is 6.55. The predicted octanol–water partition coefficient (Wildman–Crippen LogP) is 2.97. The Morgan fingerprint density at radius 2 is 1.90 bits per heavy atom. The molecule has 5 heteroatoms. The number of halogens is 2. The van der Waals surface area contributed by atoms with Crippen LogP contribution in [0.2, 0.25) is 0 Å². The highest BCUT2D eigenvalue weighted by molar-refractivity contribution is 5.79. The summed E-state index contributed by atoms with van der Waals surface area (Å²) in [7, 11) is 0. The van der Waals surface area contributed by atoms with Gasteiger partial charge in [-0.3, -0.25) is 4.79 Å². The molecule has 0 spiro atoms. The van der Waals surface area contributed by atoms with Crippen LogP contribution in [0.25, 0.3) is 0 Å². The zero-order valence-electron chi connectivity index (χ0n) is 11.6. The van der Waals surface area contributed by atoms with Gasteiger partial charge in [-0.2, -0.15) is 0 Å². The second kappa shape index (κ2) is 6.35. The number of nitrogen functional groups attached to an aromatic ring is 1. The number of nitrogens with two attached hydrogens (primary N) is 1. The number of rotatable bonds is 4. The van der Waals surface area contributed by atoms with Gasteiger partial charge in [-0.05, 0) is 36.2 Å². The molecular formula is C16H16F2N2O. The van der Waals surface area contributed by atoms with Crippen molar-refractivity contribution >= 4 is 11.6 Å². The fourth-order valence-corrected chi connectivity index (χ4v) is 2.11. The number of amides is 1. The van der Waals surface area contributed by atoms with Crippen LogP contribution < -0.4 is 11.1 Å². The maximum Gasteiger partial charge on any atom is 0.224 e. The number of anilines is 1. The second-order valence-electron chi connectivity index (χ2n) is 4.84. The Bertz CT molecular complexity index is 658. The Labute approximate surface area is 121 Å². The van der Waals surface area contributed by atoms with Crippen LogP contribution in [0, 0.1) is 11.6 Å². The standard InChI is InChI=1S/C16H16F2N2O/c1-10(12-4-2-3-5-15(12)19)20-16(21)9-11-6-7-13(17)14(18)8-11/h2-8,10H,9,19H2,1H3,(H,20,21). The van der Waals surface area contributed by atoms with E-state index in [0.29, 0.717) is 11.3 Å². The second-order valence-corrected chi connectivity index (χ2v) is 4.84. The molecule has 110 valence electrons. The lowest BCUT2D eigenvalue weighted by atomic mass is 10.1. The van der Waals surface area contributed by atoms with Crippen molar-refractivity contribution in [2.75, 3.05) is 5.73 Å². The van der Waals surface area contributed by atoms with E-state index in [2.05, 4.69) is 5.32 Å². The van der Waals surface area contributed by atoms with Gasteiger partial charge in [0.25, 0.3) is 0 Å². The van der Waals surface area contributed by atoms with Crippen LogP contribution in [-0.2, 0) is 11.2 Å². The monoisotopic (exact) mass is 290 g/mol. The minimum Gasteiger partial charge on any atom is -0.398 e. The fraction of sp³-hybridized carbons (Fsp3) is 0.188. The van der Waals surface area contributed by atoms with E-state index in [4.69, 9.17) is 5.73 Å². The van der Waals surface area contributed by atoms with Gasteiger partial charge < -0.3 is 11.1 Å². The lowest BCUT2D eigenvalue weighted by Gasteiger charge is -2.16. The molecule has 0 aromatic heterocycles. The summed E-state index contributed by atoms with van der Waals surface area (Å²) >= 11 is 0. The minimum atomic E-state index is -0.958. The summed E-state index contributed by atoms with van der Waals surface area (Å²) in [4.78, 5) is 11.9. The molecule has 1 atom stereocenters. The van der Waals surface area contributed by atoms with Gasteiger partial charge in [-0.15, -0.1) is 0 Å². The van der Waals surface area contributed by atoms with Crippen molar-refractivity contribution in [1.29, 1.82) is 0 Å². The van der Waals surface area contributed by atoms with E-state index in [0.717, 1.165) is 17.7 Å². The van der Waals surface area contributed by atoms with E-state index in [-0.39, 0.29) is 18.4 Å². The zero-order valence-corrected chi connectivity index (χ0v) is 11.6. The van der Waals surface area contributed by atoms with Crippen molar-refractivity contribution < 1.29 is 13.6 Å². The van der Waals surface area contributed by atoms with E-state index >= 15 is 0 Å². The zero-order chi connectivity index (χ0) is 15.4. The first-order chi connectivity index (χ1) is 9.97. The molecule has 1 amide bonds. The third-order valence-electron chi connectivity index (χ3n) is 3.19. The highest BCUT2D eigenvalue weighted by Crippen LogP contribution is 2.19. The van der Waals surface area contributed by atoms with Gasteiger partial charge in [-0.1, -0.05) is 24.3 Å². The fourth-order valence-electron chi connectivity index (χ4n) is 2.11. The van der Waals surface area contributed by atoms with E-state index < -0.39 is 11.6 Å². The molecule has 2 aromatic carbocycles. The Morgan fingerprint density at radius 3 is 2.57 bits per heavy atom. The summed E-state index contributed by atoms with van der Waals surface area (Å²) in [5.41, 5.74) is 7.67. The van der Waals surface area contributed by atoms with Gasteiger partial charge in [0.05, 0.1) is 12.5 Å². The predicted molar refractivity (Wildman–Crippen MR) is 77.5 cm³/mol. The van der Waals surface area contributed by atoms with Crippen molar-refractivity contribution in [3.8, 4) is 0 Å². The molecule has 0 aliphatic carbocycles. The van der Waals surface area contributed by atoms with Crippen molar-refractivity contribution in [3.05, 3.63) is 65.2 Å². The normalized spacial score (nSPS) is 12.0. The summed E-state index contributed by atoms with van der Waals surface area (Å²) in [6.45, 7) is 1.81. The Hall–Kier alpha value is -2.43. The molecule has 0 radical (unpaired) electrons. The molecule has 2 aromatic rings. The largest absolute Gasteiger partial charge is 0.398 e. The number of benzene rings is 2. The highest BCUT2D eigenvalue weighted by Gasteiger charge is 2.13. The first kappa shape index (κ1) is 15.0. The van der Waals surface area contributed by atoms with E-state index in [9.17, 15) is 13.6 Å². The number of para-hydroxylation sites is 1. The molecule has 21 heavy (non-hydrogen) atoms. The van der Waals surface area contributed by atoms with E-state index in [1.807, 2.05) is 25.1 Å². The maximum absolute atomic E-state index is 13.1. The Balaban J connectivity index is 2.01. The Kier molecular flexibility index (Phi) is 4.52. The molecular weight excluding hydrogens is 274 g/mol. The number of hydrogen-bond acceptors (Lipinski definition) is 2. The lowest BCUT2D eigenvalue weighted by molar-refractivity contribution is -0.121. The van der Waals surface area contributed by atoms with Crippen LogP contribution in [0.5, 0.6) is 0 Å². The SMILES string of the molecule is CC(NC(=O)Cc1ccc(F)c(F)c1)c1ccccc1N. The van der Waals surface area contributed by atoms with Crippen molar-refractivity contribution in [1.82, 2.24) is 5.32 Å². The third kappa shape index (κ3) is 3.78. The molecule has 0 heterocycles. The van der Waals surface area contributed by atoms with Gasteiger partial charge in [0, 0.05) is 5.69 Å². The summed E-state index contributed by atoms with van der Waals surface area (Å²) in [5, 5.41) is 2.78. The molecule has 1 unspecified atom stereocenters. The van der Waals surface area contributed by atoms with E-state index in [1.54, 1.807) is 6.07 Å². The maximum atomic E-state index is 13.1. The van der Waals surface area contributed by atoms with Gasteiger partial charge in [0.1, 0.15) is 0 Å². The highest BCUT2D eigenvalue weighted by atomic mass is 19.2. The summed E-state index contributed by atoms with van der Waals surface area (Å²) in [6, 6.07) is 10.4. The van der Waals surface area contributed by atoms with Gasteiger partial charge >= 0.3 is 0 Å². The molecule has 0 saturated heterocycles. The topological polar surface area (TPSA) is 55.1 Å². The average Bonchev–Trinajstić information content (AvgIpc) is 2.43. The van der Waals surface area contributed by atoms with Crippen LogP contribution in [0.3, 0.4) is 0 Å². The summed E-state index contributed by atoms with van der Waals surface area (Å²) < 4.78 is 25.9. The molecule has 3 N–H and O–H groups in total. The Morgan fingerprint density at radius 1 is 1.19 bits per heavy atom. The lowest BCUT2D eigenvalue weighted by Crippen LogP contribution is -2.28. The average molecular weight is 290 g/mol. The van der Waals surface area contributed by atoms with Crippen LogP contribution >= 0.6 is 0 Å². The van der Waals surface area contributed by atoms with Crippen molar-refractivity contribution in [3.63, 3.8) is 0 Å². The third-order valence-corrected chi connectivity index (χ3v) is 3.19. The van der Waals surface area contributed by atoms with Crippen LogP contribution in [-0.4, -0.2) is 5.91 Å². The van der Waals surface area contributed by atoms with Gasteiger partial charge in [0.15, 0.2) is 11.6 Å². The number of carbonyl (C=O) groups excluding carboxylic acids is 1. The van der Waals surface area contributed by atoms with Gasteiger partial charge in [0.2, 0.25) is 5.91 Å². The first-order valence-corrected chi connectivity index (χ1v) is 6.55. The molecule has 0 fully saturated rings.